The Hall–Kier alpha value is -2.21. The van der Waals surface area contributed by atoms with E-state index in [0.29, 0.717) is 6.04 Å². The third kappa shape index (κ3) is 3.59. The van der Waals surface area contributed by atoms with Crippen LogP contribution in [0.4, 0.5) is 5.69 Å². The van der Waals surface area contributed by atoms with Gasteiger partial charge < -0.3 is 24.3 Å². The zero-order valence-corrected chi connectivity index (χ0v) is 14.0. The number of nitrogens with one attached hydrogen (secondary N) is 1. The summed E-state index contributed by atoms with van der Waals surface area (Å²) in [6, 6.07) is 6.48. The van der Waals surface area contributed by atoms with Gasteiger partial charge >= 0.3 is 0 Å². The summed E-state index contributed by atoms with van der Waals surface area (Å²) < 4.78 is 12.8. The van der Waals surface area contributed by atoms with Crippen molar-refractivity contribution in [1.82, 2.24) is 14.9 Å². The second-order valence-corrected chi connectivity index (χ2v) is 5.84. The quantitative estimate of drug-likeness (QED) is 0.881. The highest BCUT2D eigenvalue weighted by atomic mass is 16.5. The second-order valence-electron chi connectivity index (χ2n) is 5.84. The molecule has 2 heterocycles. The Kier molecular flexibility index (Phi) is 4.71. The van der Waals surface area contributed by atoms with Crippen LogP contribution in [0.1, 0.15) is 12.2 Å². The highest BCUT2D eigenvalue weighted by molar-refractivity contribution is 5.56. The van der Waals surface area contributed by atoms with Crippen molar-refractivity contribution in [3.8, 4) is 11.5 Å². The molecule has 1 aliphatic rings. The lowest BCUT2D eigenvalue weighted by molar-refractivity contribution is 0.394. The first-order valence-corrected chi connectivity index (χ1v) is 7.87. The summed E-state index contributed by atoms with van der Waals surface area (Å²) in [7, 11) is 5.38. The number of imidazole rings is 1. The minimum absolute atomic E-state index is 0.462. The first kappa shape index (κ1) is 15.7. The van der Waals surface area contributed by atoms with Gasteiger partial charge in [-0.05, 0) is 6.42 Å². The monoisotopic (exact) mass is 316 g/mol. The van der Waals surface area contributed by atoms with Crippen molar-refractivity contribution in [2.24, 2.45) is 7.05 Å². The van der Waals surface area contributed by atoms with E-state index in [1.807, 2.05) is 30.1 Å². The lowest BCUT2D eigenvalue weighted by Crippen LogP contribution is -2.32. The third-order valence-corrected chi connectivity index (χ3v) is 4.36. The van der Waals surface area contributed by atoms with Crippen LogP contribution in [0.5, 0.6) is 11.5 Å². The van der Waals surface area contributed by atoms with Crippen molar-refractivity contribution in [3.05, 3.63) is 36.4 Å². The molecule has 1 fully saturated rings. The van der Waals surface area contributed by atoms with Gasteiger partial charge in [0.1, 0.15) is 17.3 Å². The van der Waals surface area contributed by atoms with Gasteiger partial charge in [-0.3, -0.25) is 0 Å². The predicted octanol–water partition coefficient (Wildman–Crippen LogP) is 1.81. The largest absolute Gasteiger partial charge is 0.497 e. The summed E-state index contributed by atoms with van der Waals surface area (Å²) in [5.74, 6) is 2.71. The Morgan fingerprint density at radius 2 is 1.96 bits per heavy atom. The molecule has 0 saturated carbocycles. The van der Waals surface area contributed by atoms with Crippen molar-refractivity contribution in [3.63, 3.8) is 0 Å². The van der Waals surface area contributed by atoms with Gasteiger partial charge in [0.15, 0.2) is 0 Å². The van der Waals surface area contributed by atoms with E-state index in [2.05, 4.69) is 27.3 Å². The van der Waals surface area contributed by atoms with Crippen molar-refractivity contribution in [2.75, 3.05) is 32.2 Å². The van der Waals surface area contributed by atoms with Crippen LogP contribution in [0.15, 0.2) is 30.6 Å². The molecule has 1 aromatic carbocycles. The number of methoxy groups -OCH3 is 2. The van der Waals surface area contributed by atoms with Gasteiger partial charge in [0.25, 0.3) is 0 Å². The van der Waals surface area contributed by atoms with Crippen LogP contribution in [0.2, 0.25) is 0 Å². The molecule has 124 valence electrons. The van der Waals surface area contributed by atoms with Gasteiger partial charge in [-0.2, -0.15) is 0 Å². The Bertz CT molecular complexity index is 634. The fourth-order valence-corrected chi connectivity index (χ4v) is 2.94. The summed E-state index contributed by atoms with van der Waals surface area (Å²) in [4.78, 5) is 6.72. The molecule has 1 aromatic heterocycles. The summed E-state index contributed by atoms with van der Waals surface area (Å²) in [6.45, 7) is 2.79. The zero-order valence-electron chi connectivity index (χ0n) is 14.0. The van der Waals surface area contributed by atoms with E-state index in [1.54, 1.807) is 14.2 Å². The second kappa shape index (κ2) is 6.91. The van der Waals surface area contributed by atoms with Gasteiger partial charge in [0.2, 0.25) is 0 Å². The summed E-state index contributed by atoms with van der Waals surface area (Å²) in [6.07, 6.45) is 4.92. The number of anilines is 1. The van der Waals surface area contributed by atoms with E-state index in [4.69, 9.17) is 9.47 Å². The van der Waals surface area contributed by atoms with Crippen molar-refractivity contribution in [1.29, 1.82) is 0 Å². The Labute approximate surface area is 137 Å². The average molecular weight is 316 g/mol. The van der Waals surface area contributed by atoms with Crippen LogP contribution in [0.3, 0.4) is 0 Å². The highest BCUT2D eigenvalue weighted by Crippen LogP contribution is 2.30. The zero-order chi connectivity index (χ0) is 16.2. The van der Waals surface area contributed by atoms with E-state index in [-0.39, 0.29) is 0 Å². The SMILES string of the molecule is COc1cc(OC)cc(N2CC[C@@H](NCc3nccn3C)C2)c1. The van der Waals surface area contributed by atoms with E-state index in [0.717, 1.165) is 49.1 Å². The fraction of sp³-hybridized carbons (Fsp3) is 0.471. The summed E-state index contributed by atoms with van der Waals surface area (Å²) in [5, 5.41) is 3.59. The minimum atomic E-state index is 0.462. The Morgan fingerprint density at radius 1 is 1.22 bits per heavy atom. The number of rotatable bonds is 6. The number of ether oxygens (including phenoxy) is 2. The molecule has 0 amide bonds. The van der Waals surface area contributed by atoms with Gasteiger partial charge in [0, 0.05) is 62.5 Å². The average Bonchev–Trinajstić information content (AvgIpc) is 3.21. The number of aryl methyl sites for hydroxylation is 1. The van der Waals surface area contributed by atoms with Gasteiger partial charge in [-0.25, -0.2) is 4.98 Å². The smallest absolute Gasteiger partial charge is 0.124 e. The first-order valence-electron chi connectivity index (χ1n) is 7.87. The van der Waals surface area contributed by atoms with Crippen molar-refractivity contribution < 1.29 is 9.47 Å². The normalized spacial score (nSPS) is 17.5. The van der Waals surface area contributed by atoms with Crippen LogP contribution in [0, 0.1) is 0 Å². The molecule has 2 aromatic rings. The van der Waals surface area contributed by atoms with Crippen LogP contribution < -0.4 is 19.7 Å². The maximum Gasteiger partial charge on any atom is 0.124 e. The van der Waals surface area contributed by atoms with Gasteiger partial charge in [-0.1, -0.05) is 0 Å². The molecule has 3 rings (SSSR count). The molecular formula is C17H24N4O2. The molecule has 0 aliphatic carbocycles. The minimum Gasteiger partial charge on any atom is -0.497 e. The fourth-order valence-electron chi connectivity index (χ4n) is 2.94. The lowest BCUT2D eigenvalue weighted by Gasteiger charge is -2.20. The standard InChI is InChI=1S/C17H24N4O2/c1-20-7-5-18-17(20)11-19-13-4-6-21(12-13)14-8-15(22-2)10-16(9-14)23-3/h5,7-10,13,19H,4,6,11-12H2,1-3H3/t13-/m1/s1. The lowest BCUT2D eigenvalue weighted by atomic mass is 10.2. The van der Waals surface area contributed by atoms with E-state index in [1.165, 1.54) is 0 Å². The molecular weight excluding hydrogens is 292 g/mol. The Balaban J connectivity index is 1.62. The number of aromatic nitrogens is 2. The van der Waals surface area contributed by atoms with Crippen LogP contribution in [-0.2, 0) is 13.6 Å². The molecule has 1 saturated heterocycles. The summed E-state index contributed by atoms with van der Waals surface area (Å²) >= 11 is 0. The predicted molar refractivity (Wildman–Crippen MR) is 90.2 cm³/mol. The first-order chi connectivity index (χ1) is 11.2. The molecule has 0 bridgehead atoms. The van der Waals surface area contributed by atoms with Crippen molar-refractivity contribution in [2.45, 2.75) is 19.0 Å². The number of hydrogen-bond donors (Lipinski definition) is 1. The maximum atomic E-state index is 5.36. The molecule has 0 spiro atoms. The van der Waals surface area contributed by atoms with Crippen molar-refractivity contribution >= 4 is 5.69 Å². The third-order valence-electron chi connectivity index (χ3n) is 4.36. The van der Waals surface area contributed by atoms with E-state index < -0.39 is 0 Å². The number of hydrogen-bond acceptors (Lipinski definition) is 5. The molecule has 23 heavy (non-hydrogen) atoms. The molecule has 1 atom stereocenters. The molecule has 0 radical (unpaired) electrons. The molecule has 1 aliphatic heterocycles. The molecule has 1 N–H and O–H groups in total. The highest BCUT2D eigenvalue weighted by Gasteiger charge is 2.23. The van der Waals surface area contributed by atoms with Crippen LogP contribution in [-0.4, -0.2) is 42.9 Å². The maximum absolute atomic E-state index is 5.36. The van der Waals surface area contributed by atoms with E-state index >= 15 is 0 Å². The van der Waals surface area contributed by atoms with Crippen LogP contribution >= 0.6 is 0 Å². The molecule has 0 unspecified atom stereocenters. The van der Waals surface area contributed by atoms with Crippen LogP contribution in [0.25, 0.3) is 0 Å². The van der Waals surface area contributed by atoms with Gasteiger partial charge in [0.05, 0.1) is 20.8 Å². The van der Waals surface area contributed by atoms with E-state index in [9.17, 15) is 0 Å². The molecule has 6 nitrogen and oxygen atoms in total. The molecule has 6 heteroatoms. The topological polar surface area (TPSA) is 51.6 Å². The van der Waals surface area contributed by atoms with Gasteiger partial charge in [-0.15, -0.1) is 0 Å². The Morgan fingerprint density at radius 3 is 2.57 bits per heavy atom. The summed E-state index contributed by atoms with van der Waals surface area (Å²) in [5.41, 5.74) is 1.14. The number of benzene rings is 1. The number of nitrogens with zero attached hydrogens (tertiary/aromatic N) is 3.